The van der Waals surface area contributed by atoms with E-state index in [2.05, 4.69) is 0 Å². The summed E-state index contributed by atoms with van der Waals surface area (Å²) in [7, 11) is 0. The number of primary amides is 1. The molecule has 1 rings (SSSR count). The second-order valence-electron chi connectivity index (χ2n) is 3.04. The summed E-state index contributed by atoms with van der Waals surface area (Å²) in [6.07, 6.45) is 0.963. The average Bonchev–Trinajstić information content (AvgIpc) is 2.18. The van der Waals surface area contributed by atoms with Crippen LogP contribution in [0.25, 0.3) is 6.08 Å². The lowest BCUT2D eigenvalue weighted by atomic mass is 10.1. The quantitative estimate of drug-likeness (QED) is 0.816. The van der Waals surface area contributed by atoms with Gasteiger partial charge in [-0.15, -0.1) is 0 Å². The maximum Gasteiger partial charge on any atom is 0.263 e. The van der Waals surface area contributed by atoms with E-state index in [0.29, 0.717) is 0 Å². The molecular formula is C11H11F2NO. The van der Waals surface area contributed by atoms with Crippen LogP contribution in [0.3, 0.4) is 0 Å². The average molecular weight is 211 g/mol. The van der Waals surface area contributed by atoms with E-state index < -0.39 is 12.3 Å². The van der Waals surface area contributed by atoms with Gasteiger partial charge in [0.15, 0.2) is 0 Å². The highest BCUT2D eigenvalue weighted by Gasteiger charge is 2.04. The van der Waals surface area contributed by atoms with E-state index >= 15 is 0 Å². The molecule has 2 nitrogen and oxygen atoms in total. The lowest BCUT2D eigenvalue weighted by molar-refractivity contribution is -0.117. The molecule has 0 aliphatic heterocycles. The van der Waals surface area contributed by atoms with Crippen molar-refractivity contribution in [3.63, 3.8) is 0 Å². The molecule has 1 aromatic carbocycles. The van der Waals surface area contributed by atoms with Gasteiger partial charge in [0.25, 0.3) is 6.43 Å². The standard InChI is InChI=1S/C11H11F2NO/c12-11(13)9-6-4-8(5-7-9)2-1-3-10(14)15/h1-2,4-7,11H,3H2,(H2,14,15). The van der Waals surface area contributed by atoms with Gasteiger partial charge in [0.1, 0.15) is 0 Å². The summed E-state index contributed by atoms with van der Waals surface area (Å²) >= 11 is 0. The van der Waals surface area contributed by atoms with Crippen molar-refractivity contribution in [1.29, 1.82) is 0 Å². The Labute approximate surface area is 86.4 Å². The van der Waals surface area contributed by atoms with Crippen LogP contribution in [0.15, 0.2) is 30.3 Å². The minimum Gasteiger partial charge on any atom is -0.369 e. The third-order valence-electron chi connectivity index (χ3n) is 1.82. The molecule has 0 radical (unpaired) electrons. The van der Waals surface area contributed by atoms with E-state index in [0.717, 1.165) is 5.56 Å². The van der Waals surface area contributed by atoms with E-state index in [4.69, 9.17) is 5.73 Å². The normalized spacial score (nSPS) is 11.1. The molecule has 4 heteroatoms. The van der Waals surface area contributed by atoms with Gasteiger partial charge in [-0.1, -0.05) is 36.4 Å². The van der Waals surface area contributed by atoms with E-state index in [-0.39, 0.29) is 12.0 Å². The Morgan fingerprint density at radius 2 is 1.93 bits per heavy atom. The first-order chi connectivity index (χ1) is 7.09. The van der Waals surface area contributed by atoms with Crippen molar-refractivity contribution in [1.82, 2.24) is 0 Å². The third kappa shape index (κ3) is 3.89. The Morgan fingerprint density at radius 1 is 1.33 bits per heavy atom. The van der Waals surface area contributed by atoms with Crippen LogP contribution in [-0.4, -0.2) is 5.91 Å². The van der Waals surface area contributed by atoms with Crippen molar-refractivity contribution in [3.05, 3.63) is 41.5 Å². The number of rotatable bonds is 4. The molecule has 80 valence electrons. The van der Waals surface area contributed by atoms with Crippen molar-refractivity contribution >= 4 is 12.0 Å². The second kappa shape index (κ2) is 5.24. The van der Waals surface area contributed by atoms with Crippen LogP contribution in [0, 0.1) is 0 Å². The zero-order valence-electron chi connectivity index (χ0n) is 7.99. The maximum atomic E-state index is 12.2. The highest BCUT2D eigenvalue weighted by Crippen LogP contribution is 2.18. The van der Waals surface area contributed by atoms with Gasteiger partial charge in [-0.05, 0) is 5.56 Å². The molecule has 0 aliphatic rings. The number of hydrogen-bond acceptors (Lipinski definition) is 1. The largest absolute Gasteiger partial charge is 0.369 e. The molecule has 0 atom stereocenters. The first kappa shape index (κ1) is 11.4. The van der Waals surface area contributed by atoms with Gasteiger partial charge >= 0.3 is 0 Å². The summed E-state index contributed by atoms with van der Waals surface area (Å²) < 4.78 is 24.4. The van der Waals surface area contributed by atoms with Crippen LogP contribution in [0.2, 0.25) is 0 Å². The maximum absolute atomic E-state index is 12.2. The van der Waals surface area contributed by atoms with E-state index in [1.807, 2.05) is 0 Å². The smallest absolute Gasteiger partial charge is 0.263 e. The fraction of sp³-hybridized carbons (Fsp3) is 0.182. The Balaban J connectivity index is 2.64. The molecule has 0 spiro atoms. The predicted molar refractivity (Wildman–Crippen MR) is 54.2 cm³/mol. The fourth-order valence-electron chi connectivity index (χ4n) is 1.06. The van der Waals surface area contributed by atoms with Gasteiger partial charge in [0.05, 0.1) is 0 Å². The minimum atomic E-state index is -2.45. The monoisotopic (exact) mass is 211 g/mol. The summed E-state index contributed by atoms with van der Waals surface area (Å²) in [4.78, 5) is 10.4. The number of nitrogens with two attached hydrogens (primary N) is 1. The van der Waals surface area contributed by atoms with Crippen LogP contribution >= 0.6 is 0 Å². The first-order valence-corrected chi connectivity index (χ1v) is 4.42. The van der Waals surface area contributed by atoms with Crippen LogP contribution < -0.4 is 5.73 Å². The lowest BCUT2D eigenvalue weighted by Gasteiger charge is -1.99. The van der Waals surface area contributed by atoms with Crippen LogP contribution in [0.4, 0.5) is 8.78 Å². The first-order valence-electron chi connectivity index (χ1n) is 4.42. The van der Waals surface area contributed by atoms with E-state index in [9.17, 15) is 13.6 Å². The number of halogens is 2. The Kier molecular flexibility index (Phi) is 3.97. The molecule has 0 fully saturated rings. The van der Waals surface area contributed by atoms with Gasteiger partial charge in [-0.3, -0.25) is 4.79 Å². The second-order valence-corrected chi connectivity index (χ2v) is 3.04. The lowest BCUT2D eigenvalue weighted by Crippen LogP contribution is -2.07. The Morgan fingerprint density at radius 3 is 2.40 bits per heavy atom. The summed E-state index contributed by atoms with van der Waals surface area (Å²) in [5, 5.41) is 0. The predicted octanol–water partition coefficient (Wildman–Crippen LogP) is 2.51. The van der Waals surface area contributed by atoms with Crippen molar-refractivity contribution < 1.29 is 13.6 Å². The van der Waals surface area contributed by atoms with Gasteiger partial charge in [-0.25, -0.2) is 8.78 Å². The molecule has 0 aromatic heterocycles. The van der Waals surface area contributed by atoms with Crippen molar-refractivity contribution in [2.24, 2.45) is 5.73 Å². The van der Waals surface area contributed by atoms with Gasteiger partial charge < -0.3 is 5.73 Å². The third-order valence-corrected chi connectivity index (χ3v) is 1.82. The molecule has 0 heterocycles. The van der Waals surface area contributed by atoms with Crippen LogP contribution in [0.5, 0.6) is 0 Å². The highest BCUT2D eigenvalue weighted by molar-refractivity contribution is 5.76. The molecule has 0 saturated carbocycles. The zero-order chi connectivity index (χ0) is 11.3. The Bertz CT molecular complexity index is 357. The van der Waals surface area contributed by atoms with Crippen molar-refractivity contribution in [2.45, 2.75) is 12.8 Å². The van der Waals surface area contributed by atoms with Gasteiger partial charge in [-0.2, -0.15) is 0 Å². The number of amides is 1. The molecule has 0 bridgehead atoms. The number of carbonyl (C=O) groups is 1. The van der Waals surface area contributed by atoms with Crippen LogP contribution in [0.1, 0.15) is 24.0 Å². The van der Waals surface area contributed by atoms with Gasteiger partial charge in [0.2, 0.25) is 5.91 Å². The van der Waals surface area contributed by atoms with Crippen molar-refractivity contribution in [3.8, 4) is 0 Å². The fourth-order valence-corrected chi connectivity index (χ4v) is 1.06. The topological polar surface area (TPSA) is 43.1 Å². The van der Waals surface area contributed by atoms with Crippen LogP contribution in [-0.2, 0) is 4.79 Å². The number of alkyl halides is 2. The summed E-state index contributed by atoms with van der Waals surface area (Å²) in [5.41, 5.74) is 5.68. The molecule has 1 aromatic rings. The molecule has 15 heavy (non-hydrogen) atoms. The molecule has 2 N–H and O–H groups in total. The summed E-state index contributed by atoms with van der Waals surface area (Å²) in [6.45, 7) is 0. The molecule has 0 saturated heterocycles. The number of carbonyl (C=O) groups excluding carboxylic acids is 1. The molecule has 1 amide bonds. The Hall–Kier alpha value is -1.71. The van der Waals surface area contributed by atoms with Crippen molar-refractivity contribution in [2.75, 3.05) is 0 Å². The molecule has 0 aliphatic carbocycles. The summed E-state index contributed by atoms with van der Waals surface area (Å²) in [5.74, 6) is -0.421. The van der Waals surface area contributed by atoms with Gasteiger partial charge in [0, 0.05) is 12.0 Å². The number of benzene rings is 1. The SMILES string of the molecule is NC(=O)CC=Cc1ccc(C(F)F)cc1. The summed E-state index contributed by atoms with van der Waals surface area (Å²) in [6, 6.07) is 5.85. The van der Waals surface area contributed by atoms with E-state index in [1.165, 1.54) is 12.1 Å². The zero-order valence-corrected chi connectivity index (χ0v) is 7.99. The van der Waals surface area contributed by atoms with E-state index in [1.54, 1.807) is 24.3 Å². The minimum absolute atomic E-state index is 0.0120. The molecular weight excluding hydrogens is 200 g/mol. The highest BCUT2D eigenvalue weighted by atomic mass is 19.3. The molecule has 0 unspecified atom stereocenters. The number of hydrogen-bond donors (Lipinski definition) is 1.